The molecule has 0 aromatic heterocycles. The topological polar surface area (TPSA) is 58.6 Å². The number of rotatable bonds is 4. The number of halogens is 2. The number of urea groups is 1. The summed E-state index contributed by atoms with van der Waals surface area (Å²) >= 11 is 3.13. The maximum absolute atomic E-state index is 13.5. The quantitative estimate of drug-likeness (QED) is 0.807. The van der Waals surface area contributed by atoms with Crippen molar-refractivity contribution in [1.82, 2.24) is 10.2 Å². The minimum absolute atomic E-state index is 0.232. The minimum Gasteiger partial charge on any atom is -0.463 e. The van der Waals surface area contributed by atoms with E-state index >= 15 is 0 Å². The van der Waals surface area contributed by atoms with Crippen LogP contribution in [0, 0.1) is 5.82 Å². The SMILES string of the molecule is CCOC(=O)C1=C(C)N(CC)C(=O)NC1c1ccc(F)c(Br)c1. The first kappa shape index (κ1) is 17.5. The fraction of sp³-hybridized carbons (Fsp3) is 0.375. The van der Waals surface area contributed by atoms with Gasteiger partial charge in [-0.2, -0.15) is 0 Å². The highest BCUT2D eigenvalue weighted by Crippen LogP contribution is 2.32. The predicted molar refractivity (Wildman–Crippen MR) is 87.1 cm³/mol. The Hall–Kier alpha value is -1.89. The second kappa shape index (κ2) is 7.12. The van der Waals surface area contributed by atoms with E-state index in [-0.39, 0.29) is 17.1 Å². The molecule has 1 heterocycles. The van der Waals surface area contributed by atoms with Crippen LogP contribution in [0.15, 0.2) is 33.9 Å². The van der Waals surface area contributed by atoms with Crippen molar-refractivity contribution in [1.29, 1.82) is 0 Å². The molecule has 124 valence electrons. The number of hydrogen-bond donors (Lipinski definition) is 1. The first-order chi connectivity index (χ1) is 10.9. The zero-order valence-corrected chi connectivity index (χ0v) is 14.7. The van der Waals surface area contributed by atoms with E-state index in [4.69, 9.17) is 4.74 Å². The van der Waals surface area contributed by atoms with Crippen molar-refractivity contribution in [3.8, 4) is 0 Å². The van der Waals surface area contributed by atoms with Gasteiger partial charge in [-0.05, 0) is 54.4 Å². The second-order valence-electron chi connectivity index (χ2n) is 5.02. The number of carbonyl (C=O) groups excluding carboxylic acids is 2. The van der Waals surface area contributed by atoms with E-state index < -0.39 is 17.8 Å². The van der Waals surface area contributed by atoms with Crippen LogP contribution in [-0.2, 0) is 9.53 Å². The molecule has 0 aliphatic carbocycles. The number of esters is 1. The third kappa shape index (κ3) is 3.39. The molecule has 0 saturated heterocycles. The molecule has 1 N–H and O–H groups in total. The fourth-order valence-corrected chi connectivity index (χ4v) is 2.97. The van der Waals surface area contributed by atoms with Gasteiger partial charge in [-0.1, -0.05) is 6.07 Å². The molecule has 1 aromatic carbocycles. The summed E-state index contributed by atoms with van der Waals surface area (Å²) in [5, 5.41) is 2.79. The van der Waals surface area contributed by atoms with Gasteiger partial charge in [0.05, 0.1) is 22.7 Å². The number of hydrogen-bond acceptors (Lipinski definition) is 3. The highest BCUT2D eigenvalue weighted by atomic mass is 79.9. The summed E-state index contributed by atoms with van der Waals surface area (Å²) in [6.07, 6.45) is 0. The Kier molecular flexibility index (Phi) is 5.41. The van der Waals surface area contributed by atoms with Gasteiger partial charge in [0.25, 0.3) is 0 Å². The van der Waals surface area contributed by atoms with Crippen LogP contribution >= 0.6 is 15.9 Å². The smallest absolute Gasteiger partial charge is 0.338 e. The first-order valence-electron chi connectivity index (χ1n) is 7.31. The van der Waals surface area contributed by atoms with E-state index in [1.54, 1.807) is 26.0 Å². The Bertz CT molecular complexity index is 675. The van der Waals surface area contributed by atoms with Crippen LogP contribution in [0.1, 0.15) is 32.4 Å². The molecule has 2 amide bonds. The van der Waals surface area contributed by atoms with Crippen LogP contribution < -0.4 is 5.32 Å². The molecule has 0 radical (unpaired) electrons. The highest BCUT2D eigenvalue weighted by molar-refractivity contribution is 9.10. The van der Waals surface area contributed by atoms with Gasteiger partial charge in [0.15, 0.2) is 0 Å². The van der Waals surface area contributed by atoms with Gasteiger partial charge in [0.1, 0.15) is 5.82 Å². The van der Waals surface area contributed by atoms with E-state index in [1.165, 1.54) is 11.0 Å². The van der Waals surface area contributed by atoms with E-state index in [0.29, 0.717) is 23.4 Å². The Morgan fingerprint density at radius 2 is 2.13 bits per heavy atom. The first-order valence-corrected chi connectivity index (χ1v) is 8.10. The number of nitrogens with zero attached hydrogens (tertiary/aromatic N) is 1. The summed E-state index contributed by atoms with van der Waals surface area (Å²) in [4.78, 5) is 26.1. The van der Waals surface area contributed by atoms with Crippen LogP contribution in [0.5, 0.6) is 0 Å². The van der Waals surface area contributed by atoms with Gasteiger partial charge in [-0.15, -0.1) is 0 Å². The summed E-state index contributed by atoms with van der Waals surface area (Å²) < 4.78 is 18.9. The van der Waals surface area contributed by atoms with E-state index in [9.17, 15) is 14.0 Å². The number of amides is 2. The van der Waals surface area contributed by atoms with Crippen molar-refractivity contribution in [2.45, 2.75) is 26.8 Å². The molecular weight excluding hydrogens is 367 g/mol. The van der Waals surface area contributed by atoms with Crippen molar-refractivity contribution < 1.29 is 18.7 Å². The van der Waals surface area contributed by atoms with Crippen LogP contribution in [0.2, 0.25) is 0 Å². The number of nitrogens with one attached hydrogen (secondary N) is 1. The molecule has 5 nitrogen and oxygen atoms in total. The van der Waals surface area contributed by atoms with E-state index in [1.807, 2.05) is 6.92 Å². The lowest BCUT2D eigenvalue weighted by Gasteiger charge is -2.34. The third-order valence-electron chi connectivity index (χ3n) is 3.68. The fourth-order valence-electron chi connectivity index (χ4n) is 2.58. The maximum atomic E-state index is 13.5. The molecule has 0 spiro atoms. The van der Waals surface area contributed by atoms with Crippen molar-refractivity contribution in [2.75, 3.05) is 13.2 Å². The molecular formula is C16H18BrFN2O3. The molecule has 0 bridgehead atoms. The Balaban J connectivity index is 2.54. The largest absolute Gasteiger partial charge is 0.463 e. The standard InChI is InChI=1S/C16H18BrFN2O3/c1-4-20-9(3)13(15(21)23-5-2)14(19-16(20)22)10-6-7-12(18)11(17)8-10/h6-8,14H,4-5H2,1-3H3,(H,19,22). The zero-order chi connectivity index (χ0) is 17.1. The molecule has 1 aliphatic heterocycles. The molecule has 0 fully saturated rings. The van der Waals surface area contributed by atoms with Crippen molar-refractivity contribution in [3.63, 3.8) is 0 Å². The number of benzene rings is 1. The number of allylic oxidation sites excluding steroid dienone is 1. The number of ether oxygens (including phenoxy) is 1. The maximum Gasteiger partial charge on any atom is 0.338 e. The van der Waals surface area contributed by atoms with Gasteiger partial charge in [0, 0.05) is 12.2 Å². The molecule has 23 heavy (non-hydrogen) atoms. The monoisotopic (exact) mass is 384 g/mol. The van der Waals surface area contributed by atoms with E-state index in [0.717, 1.165) is 0 Å². The van der Waals surface area contributed by atoms with Crippen molar-refractivity contribution in [3.05, 3.63) is 45.3 Å². The molecule has 1 aromatic rings. The lowest BCUT2D eigenvalue weighted by Crippen LogP contribution is -2.47. The van der Waals surface area contributed by atoms with Gasteiger partial charge < -0.3 is 10.1 Å². The van der Waals surface area contributed by atoms with Crippen molar-refractivity contribution in [2.24, 2.45) is 0 Å². The summed E-state index contributed by atoms with van der Waals surface area (Å²) in [5.74, 6) is -0.904. The zero-order valence-electron chi connectivity index (χ0n) is 13.2. The normalized spacial score (nSPS) is 18.0. The Morgan fingerprint density at radius 3 is 2.70 bits per heavy atom. The van der Waals surface area contributed by atoms with Crippen LogP contribution in [0.3, 0.4) is 0 Å². The molecule has 1 aliphatic rings. The molecule has 2 rings (SSSR count). The lowest BCUT2D eigenvalue weighted by molar-refractivity contribution is -0.139. The second-order valence-corrected chi connectivity index (χ2v) is 5.87. The number of carbonyl (C=O) groups is 2. The highest BCUT2D eigenvalue weighted by Gasteiger charge is 2.35. The van der Waals surface area contributed by atoms with Crippen molar-refractivity contribution >= 4 is 27.9 Å². The Labute approximate surface area is 142 Å². The summed E-state index contributed by atoms with van der Waals surface area (Å²) in [7, 11) is 0. The summed E-state index contributed by atoms with van der Waals surface area (Å²) in [6.45, 7) is 5.91. The van der Waals surface area contributed by atoms with Crippen LogP contribution in [0.25, 0.3) is 0 Å². The lowest BCUT2D eigenvalue weighted by atomic mass is 9.95. The third-order valence-corrected chi connectivity index (χ3v) is 4.29. The van der Waals surface area contributed by atoms with Crippen LogP contribution in [-0.4, -0.2) is 30.1 Å². The molecule has 1 unspecified atom stereocenters. The Morgan fingerprint density at radius 1 is 1.43 bits per heavy atom. The molecule has 0 saturated carbocycles. The molecule has 1 atom stereocenters. The average Bonchev–Trinajstić information content (AvgIpc) is 2.50. The summed E-state index contributed by atoms with van der Waals surface area (Å²) in [5.41, 5.74) is 1.50. The van der Waals surface area contributed by atoms with E-state index in [2.05, 4.69) is 21.2 Å². The van der Waals surface area contributed by atoms with Crippen LogP contribution in [0.4, 0.5) is 9.18 Å². The average molecular weight is 385 g/mol. The predicted octanol–water partition coefficient (Wildman–Crippen LogP) is 3.51. The minimum atomic E-state index is -0.679. The van der Waals surface area contributed by atoms with Gasteiger partial charge in [-0.3, -0.25) is 4.90 Å². The van der Waals surface area contributed by atoms with Gasteiger partial charge >= 0.3 is 12.0 Å². The molecule has 7 heteroatoms. The summed E-state index contributed by atoms with van der Waals surface area (Å²) in [6, 6.07) is 3.40. The van der Waals surface area contributed by atoms with Gasteiger partial charge in [0.2, 0.25) is 0 Å². The van der Waals surface area contributed by atoms with Gasteiger partial charge in [-0.25, -0.2) is 14.0 Å².